The van der Waals surface area contributed by atoms with Crippen LogP contribution in [0.3, 0.4) is 0 Å². The van der Waals surface area contributed by atoms with E-state index in [2.05, 4.69) is 243 Å². The Bertz CT molecular complexity index is 3500. The molecule has 0 atom stereocenters. The Morgan fingerprint density at radius 3 is 1.52 bits per heavy atom. The second kappa shape index (κ2) is 12.8. The third kappa shape index (κ3) is 4.34. The van der Waals surface area contributed by atoms with Crippen LogP contribution >= 0.6 is 0 Å². The van der Waals surface area contributed by atoms with Crippen molar-refractivity contribution in [3.8, 4) is 33.4 Å². The molecule has 1 aliphatic carbocycles. The molecule has 2 spiro atoms. The van der Waals surface area contributed by atoms with Gasteiger partial charge >= 0.3 is 0 Å². The molecule has 4 aliphatic rings. The molecule has 0 N–H and O–H groups in total. The van der Waals surface area contributed by atoms with Crippen LogP contribution in [0.5, 0.6) is 0 Å². The smallest absolute Gasteiger partial charge is 0.182 e. The number of hydrogen-bond acceptors (Lipinski definition) is 1. The van der Waals surface area contributed by atoms with Crippen molar-refractivity contribution in [3.05, 3.63) is 258 Å². The summed E-state index contributed by atoms with van der Waals surface area (Å²) in [6.07, 6.45) is 0. The summed E-state index contributed by atoms with van der Waals surface area (Å²) in [6, 6.07) is 86.1. The van der Waals surface area contributed by atoms with Crippen molar-refractivity contribution in [1.29, 1.82) is 0 Å². The number of rotatable bonds is 2. The summed E-state index contributed by atoms with van der Waals surface area (Å²) in [5, 5.41) is 8.44. The lowest BCUT2D eigenvalue weighted by molar-refractivity contribution is 0.557. The van der Waals surface area contributed by atoms with Gasteiger partial charge in [0.25, 0.3) is 0 Å². The second-order valence-corrected chi connectivity index (χ2v) is 22.4. The van der Waals surface area contributed by atoms with E-state index in [4.69, 9.17) is 0 Å². The lowest BCUT2D eigenvalue weighted by Gasteiger charge is -2.52. The first-order chi connectivity index (χ1) is 31.5. The van der Waals surface area contributed by atoms with Gasteiger partial charge in [0.05, 0.1) is 16.8 Å². The summed E-state index contributed by atoms with van der Waals surface area (Å²) in [7, 11) is -2.72. The maximum atomic E-state index is 2.66. The standard InChI is InChI=1S/C62H43NSi/c1-61(2)49-25-11-13-27-51(49)62(52-28-14-12-26-50(52)61)53-36-33-42(40-18-4-3-5-19-40)38-55(53)63(60-44-21-7-6-20-41(44)32-37-54(60)62)43-34-35-48-47-24-10-17-31-58(47)64(59(48)39-43)56-29-15-8-22-45(56)46-23-9-16-30-57(46)64/h3-39H,1-2H3. The Morgan fingerprint density at radius 1 is 0.359 bits per heavy atom. The van der Waals surface area contributed by atoms with Gasteiger partial charge in [-0.1, -0.05) is 220 Å². The fourth-order valence-electron chi connectivity index (χ4n) is 13.0. The summed E-state index contributed by atoms with van der Waals surface area (Å²) in [4.78, 5) is 2.66. The fraction of sp³-hybridized carbons (Fsp3) is 0.0645. The van der Waals surface area contributed by atoms with Crippen LogP contribution in [0.15, 0.2) is 224 Å². The molecule has 14 rings (SSSR count). The molecule has 10 aromatic rings. The first-order valence-corrected chi connectivity index (χ1v) is 24.7. The molecular weight excluding hydrogens is 787 g/mol. The lowest BCUT2D eigenvalue weighted by Crippen LogP contribution is -2.70. The Balaban J connectivity index is 1.14. The molecule has 0 saturated carbocycles. The molecular formula is C62H43NSi. The van der Waals surface area contributed by atoms with E-state index < -0.39 is 13.5 Å². The van der Waals surface area contributed by atoms with E-state index in [1.807, 2.05) is 0 Å². The average molecular weight is 830 g/mol. The van der Waals surface area contributed by atoms with Crippen molar-refractivity contribution in [1.82, 2.24) is 0 Å². The van der Waals surface area contributed by atoms with E-state index >= 15 is 0 Å². The summed E-state index contributed by atoms with van der Waals surface area (Å²) >= 11 is 0. The van der Waals surface area contributed by atoms with Gasteiger partial charge in [-0.05, 0) is 111 Å². The minimum Gasteiger partial charge on any atom is -0.309 e. The van der Waals surface area contributed by atoms with Crippen molar-refractivity contribution in [2.75, 3.05) is 4.90 Å². The highest BCUT2D eigenvalue weighted by Crippen LogP contribution is 2.64. The highest BCUT2D eigenvalue weighted by Gasteiger charge is 2.56. The molecule has 10 aromatic carbocycles. The van der Waals surface area contributed by atoms with E-state index in [0.717, 1.165) is 0 Å². The molecule has 2 heteroatoms. The minimum absolute atomic E-state index is 0.196. The fourth-order valence-corrected chi connectivity index (χ4v) is 18.6. The molecule has 0 aromatic heterocycles. The average Bonchev–Trinajstić information content (AvgIpc) is 3.82. The molecule has 3 heterocycles. The van der Waals surface area contributed by atoms with Crippen LogP contribution in [0.25, 0.3) is 44.2 Å². The van der Waals surface area contributed by atoms with Crippen molar-refractivity contribution in [3.63, 3.8) is 0 Å². The van der Waals surface area contributed by atoms with Crippen LogP contribution in [0, 0.1) is 0 Å². The van der Waals surface area contributed by atoms with Crippen LogP contribution in [0.1, 0.15) is 47.2 Å². The predicted molar refractivity (Wildman–Crippen MR) is 270 cm³/mol. The number of benzene rings is 10. The van der Waals surface area contributed by atoms with Gasteiger partial charge in [0.2, 0.25) is 0 Å². The Labute approximate surface area is 375 Å². The van der Waals surface area contributed by atoms with Gasteiger partial charge in [0.1, 0.15) is 0 Å². The predicted octanol–water partition coefficient (Wildman–Crippen LogP) is 12.7. The molecule has 3 aliphatic heterocycles. The maximum Gasteiger partial charge on any atom is 0.182 e. The van der Waals surface area contributed by atoms with Crippen molar-refractivity contribution in [2.45, 2.75) is 24.7 Å². The third-order valence-corrected chi connectivity index (χ3v) is 20.5. The number of hydrogen-bond donors (Lipinski definition) is 0. The normalized spacial score (nSPS) is 15.7. The molecule has 0 fully saturated rings. The van der Waals surface area contributed by atoms with Crippen LogP contribution in [0.4, 0.5) is 17.1 Å². The van der Waals surface area contributed by atoms with Crippen molar-refractivity contribution >= 4 is 56.7 Å². The lowest BCUT2D eigenvalue weighted by atomic mass is 9.53. The molecule has 0 bridgehead atoms. The van der Waals surface area contributed by atoms with Gasteiger partial charge in [-0.25, -0.2) is 0 Å². The van der Waals surface area contributed by atoms with Crippen molar-refractivity contribution < 1.29 is 0 Å². The molecule has 0 unspecified atom stereocenters. The van der Waals surface area contributed by atoms with E-state index in [9.17, 15) is 0 Å². The summed E-state index contributed by atoms with van der Waals surface area (Å²) in [5.74, 6) is 0. The van der Waals surface area contributed by atoms with Gasteiger partial charge in [-0.3, -0.25) is 0 Å². The first-order valence-electron chi connectivity index (χ1n) is 22.7. The van der Waals surface area contributed by atoms with Gasteiger partial charge in [0.15, 0.2) is 8.07 Å². The minimum atomic E-state index is -2.72. The van der Waals surface area contributed by atoms with Crippen LogP contribution in [0.2, 0.25) is 0 Å². The first kappa shape index (κ1) is 36.0. The molecule has 0 saturated heterocycles. The van der Waals surface area contributed by atoms with Crippen LogP contribution < -0.4 is 25.6 Å². The van der Waals surface area contributed by atoms with E-state index in [1.165, 1.54) is 115 Å². The SMILES string of the molecule is CC1(C)c2ccccc2C2(c3ccc(-c4ccccc4)cc3N(c3ccc4c(c3)[Si]3(c5ccccc5-c5ccccc53)c3ccccc3-4)c3c2ccc2ccccc32)c2ccccc21. The van der Waals surface area contributed by atoms with Gasteiger partial charge in [0, 0.05) is 16.5 Å². The molecule has 64 heavy (non-hydrogen) atoms. The second-order valence-electron chi connectivity index (χ2n) is 18.7. The topological polar surface area (TPSA) is 3.24 Å². The zero-order chi connectivity index (χ0) is 42.4. The molecule has 0 amide bonds. The Kier molecular flexibility index (Phi) is 7.19. The Morgan fingerprint density at radius 2 is 0.875 bits per heavy atom. The maximum absolute atomic E-state index is 2.72. The van der Waals surface area contributed by atoms with E-state index in [0.29, 0.717) is 0 Å². The van der Waals surface area contributed by atoms with Crippen LogP contribution in [-0.4, -0.2) is 8.07 Å². The zero-order valence-electron chi connectivity index (χ0n) is 35.8. The summed E-state index contributed by atoms with van der Waals surface area (Å²) in [5.41, 5.74) is 18.9. The molecule has 1 nitrogen and oxygen atoms in total. The Hall–Kier alpha value is -7.52. The zero-order valence-corrected chi connectivity index (χ0v) is 36.8. The number of anilines is 3. The van der Waals surface area contributed by atoms with E-state index in [1.54, 1.807) is 0 Å². The van der Waals surface area contributed by atoms with E-state index in [-0.39, 0.29) is 5.41 Å². The highest BCUT2D eigenvalue weighted by molar-refractivity contribution is 7.24. The monoisotopic (exact) mass is 829 g/mol. The number of fused-ring (bicyclic) bond motifs is 20. The van der Waals surface area contributed by atoms with Gasteiger partial charge in [-0.2, -0.15) is 0 Å². The van der Waals surface area contributed by atoms with Crippen LogP contribution in [-0.2, 0) is 10.8 Å². The summed E-state index contributed by atoms with van der Waals surface area (Å²) in [6.45, 7) is 4.82. The van der Waals surface area contributed by atoms with Crippen molar-refractivity contribution in [2.24, 2.45) is 0 Å². The van der Waals surface area contributed by atoms with Gasteiger partial charge < -0.3 is 4.90 Å². The quantitative estimate of drug-likeness (QED) is 0.157. The number of nitrogens with zero attached hydrogens (tertiary/aromatic N) is 1. The summed E-state index contributed by atoms with van der Waals surface area (Å²) < 4.78 is 0. The van der Waals surface area contributed by atoms with Gasteiger partial charge in [-0.15, -0.1) is 0 Å². The third-order valence-electron chi connectivity index (χ3n) is 15.5. The molecule has 0 radical (unpaired) electrons. The highest BCUT2D eigenvalue weighted by atomic mass is 28.3. The molecule has 300 valence electrons. The largest absolute Gasteiger partial charge is 0.309 e.